The highest BCUT2D eigenvalue weighted by Gasteiger charge is 2.25. The molecule has 2 amide bonds. The molecule has 0 bridgehead atoms. The van der Waals surface area contributed by atoms with Crippen molar-refractivity contribution in [1.82, 2.24) is 15.6 Å². The molecule has 1 saturated heterocycles. The van der Waals surface area contributed by atoms with E-state index in [4.69, 9.17) is 0 Å². The second-order valence-corrected chi connectivity index (χ2v) is 7.75. The summed E-state index contributed by atoms with van der Waals surface area (Å²) in [5.74, 6) is -0.996. The van der Waals surface area contributed by atoms with E-state index in [-0.39, 0.29) is 29.9 Å². The van der Waals surface area contributed by atoms with Crippen molar-refractivity contribution in [3.63, 3.8) is 0 Å². The molecule has 2 aromatic carbocycles. The van der Waals surface area contributed by atoms with Gasteiger partial charge in [-0.05, 0) is 85.0 Å². The number of aryl methyl sites for hydroxylation is 2. The Hall–Kier alpha value is -3.48. The highest BCUT2D eigenvalue weighted by atomic mass is 19.1. The Bertz CT molecular complexity index is 1120. The molecule has 1 unspecified atom stereocenters. The zero-order valence-corrected chi connectivity index (χ0v) is 17.1. The fraction of sp³-hybridized carbons (Fsp3) is 0.250. The summed E-state index contributed by atoms with van der Waals surface area (Å²) in [6, 6.07) is 12.2. The van der Waals surface area contributed by atoms with Gasteiger partial charge in [0.25, 0.3) is 0 Å². The topological polar surface area (TPSA) is 74.0 Å². The van der Waals surface area contributed by atoms with Gasteiger partial charge < -0.3 is 15.6 Å². The average molecular weight is 423 g/mol. The van der Waals surface area contributed by atoms with E-state index in [2.05, 4.69) is 15.6 Å². The normalized spacial score (nSPS) is 15.7. The number of rotatable bonds is 6. The lowest BCUT2D eigenvalue weighted by Gasteiger charge is -2.10. The van der Waals surface area contributed by atoms with E-state index in [1.54, 1.807) is 18.2 Å². The average Bonchev–Trinajstić information content (AvgIpc) is 3.33. The molecular formula is C24H23F2N3O2. The number of carbonyl (C=O) groups excluding carboxylic acids is 2. The molecule has 1 aliphatic heterocycles. The first-order valence-electron chi connectivity index (χ1n) is 10.2. The molecule has 7 heteroatoms. The number of carbonyl (C=O) groups is 2. The fourth-order valence-electron chi connectivity index (χ4n) is 3.89. The van der Waals surface area contributed by atoms with E-state index < -0.39 is 6.04 Å². The van der Waals surface area contributed by atoms with E-state index in [1.807, 2.05) is 13.0 Å². The summed E-state index contributed by atoms with van der Waals surface area (Å²) in [6.07, 6.45) is 1.23. The maximum Gasteiger partial charge on any atom is 0.242 e. The summed E-state index contributed by atoms with van der Waals surface area (Å²) in [5.41, 5.74) is 4.88. The predicted molar refractivity (Wildman–Crippen MR) is 114 cm³/mol. The van der Waals surface area contributed by atoms with Gasteiger partial charge in [-0.3, -0.25) is 9.59 Å². The van der Waals surface area contributed by atoms with Crippen molar-refractivity contribution in [2.24, 2.45) is 0 Å². The standard InChI is InChI=1S/C24H23F2N3O2/c1-14-12-18(26)7-8-19(14)21-13-16(23(29-21)15-2-5-17(25)6-3-15)4-9-22(30)28-20-10-11-27-24(20)31/h2-3,5-8,12-13,20,29H,4,9-11H2,1H3,(H,27,31)(H,28,30). The minimum absolute atomic E-state index is 0.156. The first-order valence-corrected chi connectivity index (χ1v) is 10.2. The van der Waals surface area contributed by atoms with E-state index >= 15 is 0 Å². The third-order valence-corrected chi connectivity index (χ3v) is 5.52. The smallest absolute Gasteiger partial charge is 0.242 e. The summed E-state index contributed by atoms with van der Waals surface area (Å²) in [7, 11) is 0. The zero-order chi connectivity index (χ0) is 22.0. The van der Waals surface area contributed by atoms with Gasteiger partial charge in [0.05, 0.1) is 0 Å². The number of amides is 2. The number of nitrogens with one attached hydrogen (secondary N) is 3. The van der Waals surface area contributed by atoms with E-state index in [9.17, 15) is 18.4 Å². The van der Waals surface area contributed by atoms with Crippen LogP contribution < -0.4 is 10.6 Å². The second-order valence-electron chi connectivity index (χ2n) is 7.75. The minimum atomic E-state index is -0.479. The quantitative estimate of drug-likeness (QED) is 0.563. The Balaban J connectivity index is 1.60. The van der Waals surface area contributed by atoms with Crippen LogP contribution in [0.2, 0.25) is 0 Å². The van der Waals surface area contributed by atoms with Gasteiger partial charge in [0.1, 0.15) is 17.7 Å². The SMILES string of the molecule is Cc1cc(F)ccc1-c1cc(CCC(=O)NC2CCNC2=O)c(-c2ccc(F)cc2)[nH]1. The molecule has 0 aliphatic carbocycles. The monoisotopic (exact) mass is 423 g/mol. The summed E-state index contributed by atoms with van der Waals surface area (Å²) >= 11 is 0. The van der Waals surface area contributed by atoms with Crippen LogP contribution in [0.15, 0.2) is 48.5 Å². The Labute approximate surface area is 178 Å². The molecule has 31 heavy (non-hydrogen) atoms. The van der Waals surface area contributed by atoms with Crippen LogP contribution in [0.25, 0.3) is 22.5 Å². The molecule has 160 valence electrons. The van der Waals surface area contributed by atoms with Gasteiger partial charge in [-0.25, -0.2) is 8.78 Å². The molecule has 1 fully saturated rings. The summed E-state index contributed by atoms with van der Waals surface area (Å²) in [6.45, 7) is 2.40. The molecule has 0 saturated carbocycles. The molecule has 0 spiro atoms. The number of halogens is 2. The highest BCUT2D eigenvalue weighted by molar-refractivity contribution is 5.89. The molecule has 3 N–H and O–H groups in total. The number of hydrogen-bond acceptors (Lipinski definition) is 2. The van der Waals surface area contributed by atoms with E-state index in [0.717, 1.165) is 33.6 Å². The Morgan fingerprint density at radius 3 is 2.52 bits per heavy atom. The molecule has 1 aromatic heterocycles. The van der Waals surface area contributed by atoms with Gasteiger partial charge in [-0.2, -0.15) is 0 Å². The highest BCUT2D eigenvalue weighted by Crippen LogP contribution is 2.31. The van der Waals surface area contributed by atoms with Crippen LogP contribution in [-0.2, 0) is 16.0 Å². The van der Waals surface area contributed by atoms with E-state index in [0.29, 0.717) is 19.4 Å². The lowest BCUT2D eigenvalue weighted by molar-refractivity contribution is -0.127. The van der Waals surface area contributed by atoms with Crippen LogP contribution >= 0.6 is 0 Å². The van der Waals surface area contributed by atoms with Gasteiger partial charge in [0.2, 0.25) is 11.8 Å². The van der Waals surface area contributed by atoms with Crippen LogP contribution in [-0.4, -0.2) is 29.4 Å². The Kier molecular flexibility index (Phi) is 5.84. The van der Waals surface area contributed by atoms with Crippen LogP contribution in [0.4, 0.5) is 8.78 Å². The van der Waals surface area contributed by atoms with Crippen LogP contribution in [0.3, 0.4) is 0 Å². The van der Waals surface area contributed by atoms with Crippen molar-refractivity contribution < 1.29 is 18.4 Å². The number of benzene rings is 2. The first kappa shape index (κ1) is 20.8. The molecule has 4 rings (SSSR count). The van der Waals surface area contributed by atoms with Crippen molar-refractivity contribution in [3.8, 4) is 22.5 Å². The van der Waals surface area contributed by atoms with Crippen LogP contribution in [0.1, 0.15) is 24.0 Å². The predicted octanol–water partition coefficient (Wildman–Crippen LogP) is 3.87. The molecule has 1 aliphatic rings. The van der Waals surface area contributed by atoms with Crippen molar-refractivity contribution in [2.45, 2.75) is 32.2 Å². The van der Waals surface area contributed by atoms with Crippen molar-refractivity contribution in [3.05, 3.63) is 71.3 Å². The molecule has 3 aromatic rings. The summed E-state index contributed by atoms with van der Waals surface area (Å²) in [5, 5.41) is 5.47. The third-order valence-electron chi connectivity index (χ3n) is 5.52. The van der Waals surface area contributed by atoms with Crippen molar-refractivity contribution in [1.29, 1.82) is 0 Å². The van der Waals surface area contributed by atoms with Gasteiger partial charge in [0, 0.05) is 29.9 Å². The number of hydrogen-bond donors (Lipinski definition) is 3. The third kappa shape index (κ3) is 4.66. The maximum atomic E-state index is 13.5. The lowest BCUT2D eigenvalue weighted by atomic mass is 10.0. The van der Waals surface area contributed by atoms with Gasteiger partial charge >= 0.3 is 0 Å². The summed E-state index contributed by atoms with van der Waals surface area (Å²) in [4.78, 5) is 27.4. The molecule has 5 nitrogen and oxygen atoms in total. The van der Waals surface area contributed by atoms with Gasteiger partial charge in [-0.1, -0.05) is 0 Å². The molecular weight excluding hydrogens is 400 g/mol. The number of aromatic amines is 1. The zero-order valence-electron chi connectivity index (χ0n) is 17.1. The van der Waals surface area contributed by atoms with Crippen LogP contribution in [0, 0.1) is 18.6 Å². The summed E-state index contributed by atoms with van der Waals surface area (Å²) < 4.78 is 26.9. The fourth-order valence-corrected chi connectivity index (χ4v) is 3.89. The molecule has 2 heterocycles. The number of aromatic nitrogens is 1. The second kappa shape index (κ2) is 8.71. The molecule has 0 radical (unpaired) electrons. The Morgan fingerprint density at radius 1 is 1.10 bits per heavy atom. The van der Waals surface area contributed by atoms with Crippen LogP contribution in [0.5, 0.6) is 0 Å². The van der Waals surface area contributed by atoms with Crippen molar-refractivity contribution in [2.75, 3.05) is 6.54 Å². The lowest BCUT2D eigenvalue weighted by Crippen LogP contribution is -2.40. The maximum absolute atomic E-state index is 13.5. The largest absolute Gasteiger partial charge is 0.354 e. The first-order chi connectivity index (χ1) is 14.9. The van der Waals surface area contributed by atoms with Crippen molar-refractivity contribution >= 4 is 11.8 Å². The Morgan fingerprint density at radius 2 is 1.84 bits per heavy atom. The molecule has 1 atom stereocenters. The number of H-pyrrole nitrogens is 1. The minimum Gasteiger partial charge on any atom is -0.354 e. The van der Waals surface area contributed by atoms with Gasteiger partial charge in [-0.15, -0.1) is 0 Å². The van der Waals surface area contributed by atoms with E-state index in [1.165, 1.54) is 24.3 Å². The van der Waals surface area contributed by atoms with Gasteiger partial charge in [0.15, 0.2) is 0 Å².